The van der Waals surface area contributed by atoms with Crippen molar-refractivity contribution < 1.29 is 14.7 Å². The standard InChI is InChI=1S/C28H27ClN6O3/c1-17-26-24(34(2)31-17)12-10-19(27(26)25(36)14-18-6-8-20(9-7-18)28(37)38)4-3-5-21-15-22(29)11-13-23(21)35-16-30-32-33-35/h3,5-9,11,13,15-16,19,27H,4,10,12,14H2,1-2H3,(H,37,38)/b5-3+. The van der Waals surface area contributed by atoms with E-state index < -0.39 is 5.97 Å². The molecule has 194 valence electrons. The van der Waals surface area contributed by atoms with Crippen LogP contribution in [0.25, 0.3) is 11.8 Å². The average molecular weight is 531 g/mol. The lowest BCUT2D eigenvalue weighted by Gasteiger charge is -2.31. The van der Waals surface area contributed by atoms with E-state index >= 15 is 0 Å². The number of carboxylic acids is 1. The number of Topliss-reactive ketones (excluding diaryl/α,β-unsaturated/α-hetero) is 1. The quantitative estimate of drug-likeness (QED) is 0.353. The second kappa shape index (κ2) is 10.7. The first kappa shape index (κ1) is 25.5. The Bertz CT molecular complexity index is 1510. The number of hydrogen-bond acceptors (Lipinski definition) is 6. The van der Waals surface area contributed by atoms with E-state index in [1.165, 1.54) is 6.33 Å². The number of halogens is 1. The van der Waals surface area contributed by atoms with Crippen LogP contribution in [0.1, 0.15) is 57.2 Å². The van der Waals surface area contributed by atoms with Crippen molar-refractivity contribution in [1.29, 1.82) is 0 Å². The summed E-state index contributed by atoms with van der Waals surface area (Å²) in [7, 11) is 1.93. The SMILES string of the molecule is Cc1nn(C)c2c1C(C(=O)Cc1ccc(C(=O)O)cc1)C(C/C=C/c1cc(Cl)ccc1-n1cnnn1)CC2. The molecule has 38 heavy (non-hydrogen) atoms. The van der Waals surface area contributed by atoms with E-state index in [2.05, 4.69) is 26.7 Å². The molecule has 1 aliphatic carbocycles. The number of tetrazole rings is 1. The lowest BCUT2D eigenvalue weighted by molar-refractivity contribution is -0.121. The highest BCUT2D eigenvalue weighted by Gasteiger charge is 2.37. The first-order chi connectivity index (χ1) is 18.3. The van der Waals surface area contributed by atoms with Crippen LogP contribution >= 0.6 is 11.6 Å². The lowest BCUT2D eigenvalue weighted by Crippen LogP contribution is -2.29. The summed E-state index contributed by atoms with van der Waals surface area (Å²) in [6.45, 7) is 1.96. The third-order valence-corrected chi connectivity index (χ3v) is 7.41. The smallest absolute Gasteiger partial charge is 0.335 e. The Hall–Kier alpha value is -4.11. The second-order valence-electron chi connectivity index (χ2n) is 9.59. The highest BCUT2D eigenvalue weighted by atomic mass is 35.5. The fourth-order valence-electron chi connectivity index (χ4n) is 5.41. The minimum atomic E-state index is -0.986. The molecule has 0 saturated carbocycles. The van der Waals surface area contributed by atoms with Gasteiger partial charge in [-0.15, -0.1) is 5.10 Å². The van der Waals surface area contributed by atoms with E-state index in [-0.39, 0.29) is 29.6 Å². The van der Waals surface area contributed by atoms with Crippen molar-refractivity contribution in [1.82, 2.24) is 30.0 Å². The summed E-state index contributed by atoms with van der Waals surface area (Å²) in [5, 5.41) is 25.9. The van der Waals surface area contributed by atoms with Gasteiger partial charge >= 0.3 is 5.97 Å². The number of carbonyl (C=O) groups excluding carboxylic acids is 1. The summed E-state index contributed by atoms with van der Waals surface area (Å²) in [5.41, 5.74) is 5.70. The lowest BCUT2D eigenvalue weighted by atomic mass is 9.72. The van der Waals surface area contributed by atoms with E-state index in [1.807, 2.05) is 36.9 Å². The number of carbonyl (C=O) groups is 2. The Labute approximate surface area is 224 Å². The highest BCUT2D eigenvalue weighted by Crippen LogP contribution is 2.41. The van der Waals surface area contributed by atoms with Crippen LogP contribution in [0.3, 0.4) is 0 Å². The molecule has 2 atom stereocenters. The molecule has 1 aliphatic rings. The number of aromatic nitrogens is 6. The van der Waals surface area contributed by atoms with Gasteiger partial charge in [0.05, 0.1) is 16.9 Å². The van der Waals surface area contributed by atoms with Crippen molar-refractivity contribution >= 4 is 29.4 Å². The fourth-order valence-corrected chi connectivity index (χ4v) is 5.59. The average Bonchev–Trinajstić information content (AvgIpc) is 3.52. The number of benzene rings is 2. The maximum Gasteiger partial charge on any atom is 0.335 e. The molecule has 4 aromatic rings. The molecule has 0 spiro atoms. The van der Waals surface area contributed by atoms with Crippen LogP contribution in [-0.2, 0) is 24.7 Å². The number of fused-ring (bicyclic) bond motifs is 1. The first-order valence-electron chi connectivity index (χ1n) is 12.4. The molecular formula is C28H27ClN6O3. The normalized spacial score (nSPS) is 17.0. The van der Waals surface area contributed by atoms with Crippen LogP contribution in [0.4, 0.5) is 0 Å². The molecule has 0 saturated heterocycles. The number of nitrogens with zero attached hydrogens (tertiary/aromatic N) is 6. The number of allylic oxidation sites excluding steroid dienone is 1. The van der Waals surface area contributed by atoms with Gasteiger partial charge in [-0.2, -0.15) is 9.78 Å². The molecule has 2 aromatic heterocycles. The van der Waals surface area contributed by atoms with Gasteiger partial charge in [0.2, 0.25) is 0 Å². The monoisotopic (exact) mass is 530 g/mol. The number of rotatable bonds is 8. The summed E-state index contributed by atoms with van der Waals surface area (Å²) >= 11 is 6.27. The fraction of sp³-hybridized carbons (Fsp3) is 0.286. The summed E-state index contributed by atoms with van der Waals surface area (Å²) in [6.07, 6.45) is 8.27. The van der Waals surface area contributed by atoms with Gasteiger partial charge in [0, 0.05) is 41.2 Å². The number of carboxylic acid groups (broad SMARTS) is 1. The number of aromatic carboxylic acids is 1. The van der Waals surface area contributed by atoms with Crippen LogP contribution in [0, 0.1) is 12.8 Å². The van der Waals surface area contributed by atoms with Gasteiger partial charge in [-0.05, 0) is 78.4 Å². The van der Waals surface area contributed by atoms with Gasteiger partial charge < -0.3 is 5.11 Å². The largest absolute Gasteiger partial charge is 0.478 e. The number of hydrogen-bond donors (Lipinski definition) is 1. The predicted octanol–water partition coefficient (Wildman–Crippen LogP) is 4.62. The van der Waals surface area contributed by atoms with Gasteiger partial charge in [-0.1, -0.05) is 35.9 Å². The maximum absolute atomic E-state index is 13.8. The summed E-state index contributed by atoms with van der Waals surface area (Å²) < 4.78 is 3.48. The minimum Gasteiger partial charge on any atom is -0.478 e. The van der Waals surface area contributed by atoms with E-state index in [4.69, 9.17) is 11.6 Å². The number of aryl methyl sites for hydroxylation is 2. The zero-order valence-electron chi connectivity index (χ0n) is 21.1. The van der Waals surface area contributed by atoms with Gasteiger partial charge in [-0.3, -0.25) is 9.48 Å². The molecule has 5 rings (SSSR count). The van der Waals surface area contributed by atoms with E-state index in [1.54, 1.807) is 35.0 Å². The molecule has 2 heterocycles. The van der Waals surface area contributed by atoms with Crippen LogP contribution in [0.2, 0.25) is 5.02 Å². The third kappa shape index (κ3) is 5.15. The van der Waals surface area contributed by atoms with Crippen LogP contribution in [0.5, 0.6) is 0 Å². The molecule has 10 heteroatoms. The molecular weight excluding hydrogens is 504 g/mol. The molecule has 0 aliphatic heterocycles. The predicted molar refractivity (Wildman–Crippen MR) is 142 cm³/mol. The molecule has 1 N–H and O–H groups in total. The van der Waals surface area contributed by atoms with Crippen molar-refractivity contribution in [3.05, 3.63) is 93.5 Å². The maximum atomic E-state index is 13.8. The molecule has 0 bridgehead atoms. The Kier molecular flexibility index (Phi) is 7.20. The topological polar surface area (TPSA) is 116 Å². The van der Waals surface area contributed by atoms with Crippen molar-refractivity contribution in [2.24, 2.45) is 13.0 Å². The molecule has 0 radical (unpaired) electrons. The van der Waals surface area contributed by atoms with Gasteiger partial charge in [-0.25, -0.2) is 4.79 Å². The van der Waals surface area contributed by atoms with Crippen molar-refractivity contribution in [2.75, 3.05) is 0 Å². The van der Waals surface area contributed by atoms with Crippen LogP contribution in [0.15, 0.2) is 54.9 Å². The molecule has 9 nitrogen and oxygen atoms in total. The zero-order chi connectivity index (χ0) is 26.8. The van der Waals surface area contributed by atoms with Gasteiger partial charge in [0.25, 0.3) is 0 Å². The molecule has 0 amide bonds. The zero-order valence-corrected chi connectivity index (χ0v) is 21.8. The number of ketones is 1. The minimum absolute atomic E-state index is 0.100. The molecule has 0 fully saturated rings. The van der Waals surface area contributed by atoms with Crippen LogP contribution < -0.4 is 0 Å². The summed E-state index contributed by atoms with van der Waals surface area (Å²) in [6, 6.07) is 12.0. The third-order valence-electron chi connectivity index (χ3n) is 7.17. The Morgan fingerprint density at radius 2 is 1.97 bits per heavy atom. The Balaban J connectivity index is 1.41. The highest BCUT2D eigenvalue weighted by molar-refractivity contribution is 6.30. The van der Waals surface area contributed by atoms with E-state index in [0.717, 1.165) is 46.6 Å². The second-order valence-corrected chi connectivity index (χ2v) is 10.0. The summed E-state index contributed by atoms with van der Waals surface area (Å²) in [4.78, 5) is 25.0. The van der Waals surface area contributed by atoms with Gasteiger partial charge in [0.15, 0.2) is 0 Å². The molecule has 2 unspecified atom stereocenters. The summed E-state index contributed by atoms with van der Waals surface area (Å²) in [5.74, 6) is -1.07. The first-order valence-corrected chi connectivity index (χ1v) is 12.8. The van der Waals surface area contributed by atoms with Crippen molar-refractivity contribution in [3.63, 3.8) is 0 Å². The van der Waals surface area contributed by atoms with E-state index in [0.29, 0.717) is 11.4 Å². The molecule has 2 aromatic carbocycles. The van der Waals surface area contributed by atoms with Crippen LogP contribution in [-0.4, -0.2) is 46.8 Å². The van der Waals surface area contributed by atoms with Crippen molar-refractivity contribution in [3.8, 4) is 5.69 Å². The van der Waals surface area contributed by atoms with Crippen molar-refractivity contribution in [2.45, 2.75) is 38.5 Å². The van der Waals surface area contributed by atoms with E-state index in [9.17, 15) is 14.7 Å². The van der Waals surface area contributed by atoms with Gasteiger partial charge in [0.1, 0.15) is 12.1 Å². The Morgan fingerprint density at radius 3 is 2.68 bits per heavy atom. The Morgan fingerprint density at radius 1 is 1.18 bits per heavy atom.